The number of sulfonamides is 1. The highest BCUT2D eigenvalue weighted by atomic mass is 32.2. The fourth-order valence-electron chi connectivity index (χ4n) is 3.28. The minimum atomic E-state index is -3.77. The first-order chi connectivity index (χ1) is 14.0. The van der Waals surface area contributed by atoms with Crippen molar-refractivity contribution in [2.24, 2.45) is 0 Å². The van der Waals surface area contributed by atoms with Crippen LogP contribution in [0.1, 0.15) is 23.0 Å². The SMILES string of the molecule is CCOc1ccc(S(=O)(=O)Nc2ccc3c(c2)N(C(=O)c2ccco2)CC3)cc1. The van der Waals surface area contributed by atoms with Crippen molar-refractivity contribution in [2.45, 2.75) is 18.2 Å². The zero-order valence-corrected chi connectivity index (χ0v) is 16.6. The number of hydrogen-bond acceptors (Lipinski definition) is 5. The van der Waals surface area contributed by atoms with Crippen LogP contribution in [0, 0.1) is 0 Å². The van der Waals surface area contributed by atoms with Crippen molar-refractivity contribution in [3.05, 3.63) is 72.2 Å². The van der Waals surface area contributed by atoms with Gasteiger partial charge >= 0.3 is 0 Å². The first-order valence-corrected chi connectivity index (χ1v) is 10.7. The van der Waals surface area contributed by atoms with Crippen LogP contribution in [0.25, 0.3) is 0 Å². The van der Waals surface area contributed by atoms with Gasteiger partial charge in [-0.3, -0.25) is 9.52 Å². The van der Waals surface area contributed by atoms with E-state index in [1.807, 2.05) is 13.0 Å². The molecular formula is C21H20N2O5S. The Morgan fingerprint density at radius 1 is 1.17 bits per heavy atom. The molecule has 0 atom stereocenters. The summed E-state index contributed by atoms with van der Waals surface area (Å²) in [7, 11) is -3.77. The van der Waals surface area contributed by atoms with Gasteiger partial charge in [0.15, 0.2) is 5.76 Å². The number of carbonyl (C=O) groups is 1. The molecule has 0 saturated carbocycles. The van der Waals surface area contributed by atoms with E-state index in [1.54, 1.807) is 41.3 Å². The van der Waals surface area contributed by atoms with Crippen LogP contribution < -0.4 is 14.4 Å². The van der Waals surface area contributed by atoms with Crippen molar-refractivity contribution in [2.75, 3.05) is 22.8 Å². The van der Waals surface area contributed by atoms with E-state index in [9.17, 15) is 13.2 Å². The van der Waals surface area contributed by atoms with Crippen molar-refractivity contribution in [3.8, 4) is 5.75 Å². The quantitative estimate of drug-likeness (QED) is 0.667. The van der Waals surface area contributed by atoms with Gasteiger partial charge in [-0.2, -0.15) is 0 Å². The molecule has 0 unspecified atom stereocenters. The van der Waals surface area contributed by atoms with Gasteiger partial charge in [-0.05, 0) is 67.4 Å². The maximum Gasteiger partial charge on any atom is 0.293 e. The fraction of sp³-hybridized carbons (Fsp3) is 0.190. The smallest absolute Gasteiger partial charge is 0.293 e. The van der Waals surface area contributed by atoms with Gasteiger partial charge in [-0.15, -0.1) is 0 Å². The lowest BCUT2D eigenvalue weighted by Crippen LogP contribution is -2.28. The Bertz CT molecular complexity index is 1120. The standard InChI is InChI=1S/C21H20N2O5S/c1-2-27-17-7-9-18(10-8-17)29(25,26)22-16-6-5-15-11-12-23(19(15)14-16)21(24)20-4-3-13-28-20/h3-10,13-14,22H,2,11-12H2,1H3. The predicted molar refractivity (Wildman–Crippen MR) is 109 cm³/mol. The number of nitrogens with one attached hydrogen (secondary N) is 1. The molecule has 0 aliphatic carbocycles. The summed E-state index contributed by atoms with van der Waals surface area (Å²) in [5.74, 6) is 0.606. The number of hydrogen-bond donors (Lipinski definition) is 1. The molecule has 4 rings (SSSR count). The monoisotopic (exact) mass is 412 g/mol. The first kappa shape index (κ1) is 19.1. The highest BCUT2D eigenvalue weighted by Gasteiger charge is 2.28. The number of nitrogens with zero attached hydrogens (tertiary/aromatic N) is 1. The summed E-state index contributed by atoms with van der Waals surface area (Å²) in [6.45, 7) is 2.89. The van der Waals surface area contributed by atoms with Gasteiger partial charge in [0.05, 0.1) is 23.5 Å². The van der Waals surface area contributed by atoms with Gasteiger partial charge in [-0.25, -0.2) is 8.42 Å². The molecule has 2 aromatic carbocycles. The van der Waals surface area contributed by atoms with Crippen LogP contribution in [-0.4, -0.2) is 27.5 Å². The molecule has 8 heteroatoms. The second kappa shape index (κ2) is 7.63. The molecule has 0 spiro atoms. The maximum absolute atomic E-state index is 12.7. The molecule has 1 aliphatic rings. The molecule has 2 heterocycles. The lowest BCUT2D eigenvalue weighted by molar-refractivity contribution is 0.0963. The van der Waals surface area contributed by atoms with E-state index in [2.05, 4.69) is 4.72 Å². The van der Waals surface area contributed by atoms with Gasteiger partial charge in [0, 0.05) is 12.2 Å². The highest BCUT2D eigenvalue weighted by molar-refractivity contribution is 7.92. The maximum atomic E-state index is 12.7. The van der Waals surface area contributed by atoms with Crippen molar-refractivity contribution >= 4 is 27.3 Å². The van der Waals surface area contributed by atoms with Crippen LogP contribution in [0.3, 0.4) is 0 Å². The minimum Gasteiger partial charge on any atom is -0.494 e. The number of fused-ring (bicyclic) bond motifs is 1. The van der Waals surface area contributed by atoms with E-state index in [4.69, 9.17) is 9.15 Å². The molecule has 1 aliphatic heterocycles. The van der Waals surface area contributed by atoms with E-state index >= 15 is 0 Å². The average Bonchev–Trinajstić information content (AvgIpc) is 3.38. The van der Waals surface area contributed by atoms with Crippen LogP contribution in [0.4, 0.5) is 11.4 Å². The Morgan fingerprint density at radius 2 is 1.97 bits per heavy atom. The van der Waals surface area contributed by atoms with Crippen LogP contribution in [0.5, 0.6) is 5.75 Å². The second-order valence-electron chi connectivity index (χ2n) is 6.54. The van der Waals surface area contributed by atoms with Crippen LogP contribution in [0.15, 0.2) is 70.2 Å². The lowest BCUT2D eigenvalue weighted by Gasteiger charge is -2.17. The summed E-state index contributed by atoms with van der Waals surface area (Å²) in [5, 5.41) is 0. The van der Waals surface area contributed by atoms with Crippen LogP contribution in [-0.2, 0) is 16.4 Å². The summed E-state index contributed by atoms with van der Waals surface area (Å²) < 4.78 is 38.6. The normalized spacial score (nSPS) is 13.2. The number of furan rings is 1. The molecule has 1 amide bonds. The molecular weight excluding hydrogens is 392 g/mol. The first-order valence-electron chi connectivity index (χ1n) is 9.22. The van der Waals surface area contributed by atoms with E-state index in [0.717, 1.165) is 5.56 Å². The van der Waals surface area contributed by atoms with E-state index < -0.39 is 10.0 Å². The van der Waals surface area contributed by atoms with Crippen LogP contribution >= 0.6 is 0 Å². The summed E-state index contributed by atoms with van der Waals surface area (Å²) in [6, 6.07) is 14.7. The number of amides is 1. The Hall–Kier alpha value is -3.26. The Balaban J connectivity index is 1.57. The Morgan fingerprint density at radius 3 is 2.66 bits per heavy atom. The molecule has 0 fully saturated rings. The number of carbonyl (C=O) groups excluding carboxylic acids is 1. The van der Waals surface area contributed by atoms with Crippen molar-refractivity contribution in [1.29, 1.82) is 0 Å². The van der Waals surface area contributed by atoms with E-state index in [-0.39, 0.29) is 16.6 Å². The van der Waals surface area contributed by atoms with E-state index in [0.29, 0.717) is 36.7 Å². The van der Waals surface area contributed by atoms with Gasteiger partial charge in [0.25, 0.3) is 15.9 Å². The minimum absolute atomic E-state index is 0.130. The van der Waals surface area contributed by atoms with Crippen LogP contribution in [0.2, 0.25) is 0 Å². The topological polar surface area (TPSA) is 88.9 Å². The third-order valence-corrected chi connectivity index (χ3v) is 6.05. The molecule has 0 radical (unpaired) electrons. The number of benzene rings is 2. The molecule has 1 aromatic heterocycles. The van der Waals surface area contributed by atoms with Gasteiger partial charge in [-0.1, -0.05) is 6.07 Å². The van der Waals surface area contributed by atoms with Gasteiger partial charge < -0.3 is 14.1 Å². The van der Waals surface area contributed by atoms with E-state index in [1.165, 1.54) is 18.4 Å². The number of anilines is 2. The number of ether oxygens (including phenoxy) is 1. The lowest BCUT2D eigenvalue weighted by atomic mass is 10.1. The third-order valence-electron chi connectivity index (χ3n) is 4.66. The third kappa shape index (κ3) is 3.84. The zero-order valence-electron chi connectivity index (χ0n) is 15.8. The van der Waals surface area contributed by atoms with Crippen molar-refractivity contribution in [3.63, 3.8) is 0 Å². The largest absolute Gasteiger partial charge is 0.494 e. The summed E-state index contributed by atoms with van der Waals surface area (Å²) in [6.07, 6.45) is 2.15. The average molecular weight is 412 g/mol. The molecule has 1 N–H and O–H groups in total. The zero-order chi connectivity index (χ0) is 20.4. The van der Waals surface area contributed by atoms with Crippen molar-refractivity contribution < 1.29 is 22.4 Å². The molecule has 0 bridgehead atoms. The highest BCUT2D eigenvalue weighted by Crippen LogP contribution is 2.33. The Labute approximate surface area is 169 Å². The predicted octanol–water partition coefficient (Wildman–Crippen LogP) is 3.68. The molecule has 150 valence electrons. The van der Waals surface area contributed by atoms with Crippen molar-refractivity contribution in [1.82, 2.24) is 0 Å². The molecule has 7 nitrogen and oxygen atoms in total. The van der Waals surface area contributed by atoms with Gasteiger partial charge in [0.2, 0.25) is 0 Å². The summed E-state index contributed by atoms with van der Waals surface area (Å²) in [4.78, 5) is 14.4. The fourth-order valence-corrected chi connectivity index (χ4v) is 4.33. The number of rotatable bonds is 6. The Kier molecular flexibility index (Phi) is 5.02. The molecule has 0 saturated heterocycles. The molecule has 3 aromatic rings. The summed E-state index contributed by atoms with van der Waals surface area (Å²) in [5.41, 5.74) is 2.05. The summed E-state index contributed by atoms with van der Waals surface area (Å²) >= 11 is 0. The second-order valence-corrected chi connectivity index (χ2v) is 8.22. The van der Waals surface area contributed by atoms with Gasteiger partial charge in [0.1, 0.15) is 5.75 Å². The molecule has 29 heavy (non-hydrogen) atoms.